The SMILES string of the molecule is CC1(C)[C@H](O)CC[C@]2(C)[C@@H]1CC[C@@]13C=C[C@@](C)(CC[C@H]12)C3. The molecule has 0 amide bonds. The molecular formula is C20H32O. The van der Waals surface area contributed by atoms with Gasteiger partial charge in [0.15, 0.2) is 0 Å². The summed E-state index contributed by atoms with van der Waals surface area (Å²) >= 11 is 0. The maximum atomic E-state index is 10.5. The van der Waals surface area contributed by atoms with Gasteiger partial charge in [-0.05, 0) is 78.4 Å². The Balaban J connectivity index is 1.74. The van der Waals surface area contributed by atoms with Crippen molar-refractivity contribution in [2.24, 2.45) is 33.5 Å². The molecule has 118 valence electrons. The summed E-state index contributed by atoms with van der Waals surface area (Å²) in [6, 6.07) is 0. The highest BCUT2D eigenvalue weighted by molar-refractivity contribution is 5.25. The molecule has 0 aromatic heterocycles. The van der Waals surface area contributed by atoms with Gasteiger partial charge in [0, 0.05) is 0 Å². The number of hydrogen-bond donors (Lipinski definition) is 1. The predicted octanol–water partition coefficient (Wildman–Crippen LogP) is 4.95. The van der Waals surface area contributed by atoms with Crippen molar-refractivity contribution in [1.29, 1.82) is 0 Å². The van der Waals surface area contributed by atoms with Crippen LogP contribution in [-0.4, -0.2) is 11.2 Å². The molecule has 0 aromatic rings. The van der Waals surface area contributed by atoms with Crippen LogP contribution in [0.5, 0.6) is 0 Å². The van der Waals surface area contributed by atoms with Crippen LogP contribution in [0.3, 0.4) is 0 Å². The Morgan fingerprint density at radius 2 is 1.57 bits per heavy atom. The van der Waals surface area contributed by atoms with Crippen molar-refractivity contribution in [3.05, 3.63) is 12.2 Å². The average Bonchev–Trinajstić information content (AvgIpc) is 2.65. The molecule has 0 saturated heterocycles. The van der Waals surface area contributed by atoms with E-state index in [9.17, 15) is 5.11 Å². The Kier molecular flexibility index (Phi) is 2.70. The summed E-state index contributed by atoms with van der Waals surface area (Å²) in [5.41, 5.74) is 1.52. The molecule has 4 aliphatic rings. The first-order valence-electron chi connectivity index (χ1n) is 9.10. The molecule has 0 aromatic carbocycles. The number of fused-ring (bicyclic) bond motifs is 3. The monoisotopic (exact) mass is 288 g/mol. The quantitative estimate of drug-likeness (QED) is 0.626. The van der Waals surface area contributed by atoms with E-state index < -0.39 is 0 Å². The first-order chi connectivity index (χ1) is 9.72. The van der Waals surface area contributed by atoms with Gasteiger partial charge in [-0.1, -0.05) is 39.8 Å². The summed E-state index contributed by atoms with van der Waals surface area (Å²) in [4.78, 5) is 0. The second-order valence-corrected chi connectivity index (χ2v) is 9.96. The van der Waals surface area contributed by atoms with E-state index in [1.165, 1.54) is 38.5 Å². The smallest absolute Gasteiger partial charge is 0.0594 e. The van der Waals surface area contributed by atoms with E-state index in [0.717, 1.165) is 12.3 Å². The van der Waals surface area contributed by atoms with Gasteiger partial charge >= 0.3 is 0 Å². The molecule has 0 radical (unpaired) electrons. The number of hydrogen-bond acceptors (Lipinski definition) is 1. The first-order valence-corrected chi connectivity index (χ1v) is 9.10. The number of allylic oxidation sites excluding steroid dienone is 2. The van der Waals surface area contributed by atoms with Crippen molar-refractivity contribution in [3.63, 3.8) is 0 Å². The highest BCUT2D eigenvalue weighted by Crippen LogP contribution is 2.71. The Bertz CT molecular complexity index is 492. The van der Waals surface area contributed by atoms with Gasteiger partial charge in [0.2, 0.25) is 0 Å². The van der Waals surface area contributed by atoms with E-state index in [1.54, 1.807) is 0 Å². The third-order valence-electron chi connectivity index (χ3n) is 8.45. The number of rotatable bonds is 0. The number of aliphatic hydroxyl groups is 1. The molecule has 1 heteroatoms. The minimum Gasteiger partial charge on any atom is -0.393 e. The Hall–Kier alpha value is -0.300. The van der Waals surface area contributed by atoms with E-state index in [1.807, 2.05) is 0 Å². The summed E-state index contributed by atoms with van der Waals surface area (Å²) in [5, 5.41) is 10.5. The molecule has 4 aliphatic carbocycles. The average molecular weight is 288 g/mol. The molecule has 0 aliphatic heterocycles. The van der Waals surface area contributed by atoms with Gasteiger partial charge in [-0.2, -0.15) is 0 Å². The normalized spacial score (nSPS) is 57.7. The standard InChI is InChI=1S/C20H32O/c1-17(2)14-6-10-20-12-11-18(3,13-20)8-5-15(20)19(14,4)9-7-16(17)21/h11-12,14-16,21H,5-10,13H2,1-4H3/t14-,15+,16-,18-,19-,20+/m1/s1. The van der Waals surface area contributed by atoms with E-state index in [-0.39, 0.29) is 11.5 Å². The van der Waals surface area contributed by atoms with Crippen LogP contribution in [0.1, 0.15) is 72.6 Å². The van der Waals surface area contributed by atoms with Crippen molar-refractivity contribution in [1.82, 2.24) is 0 Å². The summed E-state index contributed by atoms with van der Waals surface area (Å²) < 4.78 is 0. The molecule has 6 atom stereocenters. The summed E-state index contributed by atoms with van der Waals surface area (Å²) in [5.74, 6) is 1.55. The Labute approximate surface area is 130 Å². The largest absolute Gasteiger partial charge is 0.393 e. The van der Waals surface area contributed by atoms with E-state index in [2.05, 4.69) is 39.8 Å². The first kappa shape index (κ1) is 14.3. The van der Waals surface area contributed by atoms with E-state index in [0.29, 0.717) is 22.2 Å². The maximum Gasteiger partial charge on any atom is 0.0594 e. The molecule has 0 heterocycles. The minimum absolute atomic E-state index is 0.0949. The van der Waals surface area contributed by atoms with E-state index >= 15 is 0 Å². The van der Waals surface area contributed by atoms with Crippen molar-refractivity contribution in [2.75, 3.05) is 0 Å². The maximum absolute atomic E-state index is 10.5. The van der Waals surface area contributed by atoms with Crippen LogP contribution < -0.4 is 0 Å². The fraction of sp³-hybridized carbons (Fsp3) is 0.900. The molecule has 21 heavy (non-hydrogen) atoms. The van der Waals surface area contributed by atoms with Crippen molar-refractivity contribution < 1.29 is 5.11 Å². The van der Waals surface area contributed by atoms with Crippen LogP contribution in [-0.2, 0) is 0 Å². The lowest BCUT2D eigenvalue weighted by Gasteiger charge is -2.65. The van der Waals surface area contributed by atoms with Crippen LogP contribution in [0, 0.1) is 33.5 Å². The molecule has 0 unspecified atom stereocenters. The Morgan fingerprint density at radius 1 is 0.857 bits per heavy atom. The molecular weight excluding hydrogens is 256 g/mol. The van der Waals surface area contributed by atoms with Crippen molar-refractivity contribution >= 4 is 0 Å². The second kappa shape index (κ2) is 3.96. The fourth-order valence-electron chi connectivity index (χ4n) is 7.35. The summed E-state index contributed by atoms with van der Waals surface area (Å²) in [7, 11) is 0. The van der Waals surface area contributed by atoms with Gasteiger partial charge in [-0.25, -0.2) is 0 Å². The van der Waals surface area contributed by atoms with E-state index in [4.69, 9.17) is 0 Å². The lowest BCUT2D eigenvalue weighted by Crippen LogP contribution is -2.59. The minimum atomic E-state index is -0.0994. The summed E-state index contributed by atoms with van der Waals surface area (Å²) in [6.07, 6.45) is 14.2. The molecule has 4 rings (SSSR count). The lowest BCUT2D eigenvalue weighted by atomic mass is 9.40. The van der Waals surface area contributed by atoms with Crippen LogP contribution in [0.25, 0.3) is 0 Å². The third-order valence-corrected chi connectivity index (χ3v) is 8.45. The molecule has 3 saturated carbocycles. The van der Waals surface area contributed by atoms with Gasteiger partial charge in [0.1, 0.15) is 0 Å². The van der Waals surface area contributed by atoms with Crippen LogP contribution >= 0.6 is 0 Å². The van der Waals surface area contributed by atoms with Crippen LogP contribution in [0.15, 0.2) is 12.2 Å². The lowest BCUT2D eigenvalue weighted by molar-refractivity contribution is -0.176. The molecule has 1 N–H and O–H groups in total. The van der Waals surface area contributed by atoms with Gasteiger partial charge < -0.3 is 5.11 Å². The zero-order chi connectivity index (χ0) is 15.1. The van der Waals surface area contributed by atoms with Gasteiger partial charge in [0.05, 0.1) is 6.10 Å². The second-order valence-electron chi connectivity index (χ2n) is 9.96. The van der Waals surface area contributed by atoms with Crippen LogP contribution in [0.4, 0.5) is 0 Å². The molecule has 1 nitrogen and oxygen atoms in total. The van der Waals surface area contributed by atoms with Gasteiger partial charge in [-0.15, -0.1) is 0 Å². The highest BCUT2D eigenvalue weighted by atomic mass is 16.3. The molecule has 3 fully saturated rings. The molecule has 1 spiro atoms. The zero-order valence-electron chi connectivity index (χ0n) is 14.3. The number of aliphatic hydroxyl groups excluding tert-OH is 1. The highest BCUT2D eigenvalue weighted by Gasteiger charge is 2.64. The van der Waals surface area contributed by atoms with Gasteiger partial charge in [-0.3, -0.25) is 0 Å². The van der Waals surface area contributed by atoms with Crippen LogP contribution in [0.2, 0.25) is 0 Å². The predicted molar refractivity (Wildman–Crippen MR) is 86.9 cm³/mol. The Morgan fingerprint density at radius 3 is 2.33 bits per heavy atom. The zero-order valence-corrected chi connectivity index (χ0v) is 14.3. The van der Waals surface area contributed by atoms with Gasteiger partial charge in [0.25, 0.3) is 0 Å². The summed E-state index contributed by atoms with van der Waals surface area (Å²) in [6.45, 7) is 9.70. The molecule has 2 bridgehead atoms. The van der Waals surface area contributed by atoms with Crippen molar-refractivity contribution in [2.45, 2.75) is 78.7 Å². The third kappa shape index (κ3) is 1.68. The topological polar surface area (TPSA) is 20.2 Å². The fourth-order valence-corrected chi connectivity index (χ4v) is 7.35. The van der Waals surface area contributed by atoms with Crippen molar-refractivity contribution in [3.8, 4) is 0 Å².